The van der Waals surface area contributed by atoms with Crippen LogP contribution in [0.5, 0.6) is 0 Å². The molecule has 6 nitrogen and oxygen atoms in total. The molecule has 6 heteroatoms. The van der Waals surface area contributed by atoms with E-state index < -0.39 is 17.8 Å². The zero-order chi connectivity index (χ0) is 21.6. The fourth-order valence-electron chi connectivity index (χ4n) is 5.61. The van der Waals surface area contributed by atoms with Crippen molar-refractivity contribution in [3.63, 3.8) is 0 Å². The predicted octanol–water partition coefficient (Wildman–Crippen LogP) is 1.13. The molecule has 2 bridgehead atoms. The molecule has 0 spiro atoms. The smallest absolute Gasteiger partial charge is 0.129 e. The maximum Gasteiger partial charge on any atom is 0.129 e. The number of pyridine rings is 1. The first-order valence-corrected chi connectivity index (χ1v) is 11.1. The molecule has 4 atom stereocenters. The van der Waals surface area contributed by atoms with Gasteiger partial charge in [-0.1, -0.05) is 42.3 Å². The number of anilines is 1. The molecule has 0 aliphatic carbocycles. The topological polar surface area (TPSA) is 80.1 Å². The molecule has 4 saturated heterocycles. The first-order chi connectivity index (χ1) is 15.0. The van der Waals surface area contributed by atoms with Gasteiger partial charge in [0.25, 0.3) is 0 Å². The van der Waals surface area contributed by atoms with Gasteiger partial charge in [-0.3, -0.25) is 4.90 Å². The fourth-order valence-corrected chi connectivity index (χ4v) is 5.61. The van der Waals surface area contributed by atoms with Gasteiger partial charge < -0.3 is 20.2 Å². The average molecular weight is 420 g/mol. The van der Waals surface area contributed by atoms with Crippen LogP contribution in [0.1, 0.15) is 29.7 Å². The van der Waals surface area contributed by atoms with Crippen LogP contribution in [-0.2, 0) is 12.0 Å². The van der Waals surface area contributed by atoms with Gasteiger partial charge in [0, 0.05) is 25.1 Å². The summed E-state index contributed by atoms with van der Waals surface area (Å²) in [7, 11) is 0. The van der Waals surface area contributed by atoms with Crippen molar-refractivity contribution in [1.29, 1.82) is 0 Å². The highest BCUT2D eigenvalue weighted by atomic mass is 16.3. The third-order valence-corrected chi connectivity index (χ3v) is 7.28. The number of β-amino-alcohol motifs (C(OH)–C–C–N with tert-alkyl or cyclic N) is 2. The molecule has 4 aliphatic rings. The third-order valence-electron chi connectivity index (χ3n) is 7.28. The molecule has 0 amide bonds. The van der Waals surface area contributed by atoms with Crippen molar-refractivity contribution in [3.8, 4) is 12.3 Å². The van der Waals surface area contributed by atoms with Crippen LogP contribution >= 0.6 is 0 Å². The molecule has 1 unspecified atom stereocenters. The van der Waals surface area contributed by atoms with Crippen LogP contribution in [0.3, 0.4) is 0 Å². The van der Waals surface area contributed by atoms with Crippen LogP contribution in [0, 0.1) is 18.3 Å². The number of terminal acetylenes is 1. The largest absolute Gasteiger partial charge is 0.389 e. The first kappa shape index (κ1) is 20.5. The minimum absolute atomic E-state index is 0.108. The van der Waals surface area contributed by atoms with E-state index in [0.717, 1.165) is 42.8 Å². The molecule has 4 fully saturated rings. The summed E-state index contributed by atoms with van der Waals surface area (Å²) in [6.07, 6.45) is 6.79. The number of benzene rings is 1. The van der Waals surface area contributed by atoms with E-state index in [1.165, 1.54) is 0 Å². The molecular weight excluding hydrogens is 390 g/mol. The minimum Gasteiger partial charge on any atom is -0.389 e. The zero-order valence-electron chi connectivity index (χ0n) is 17.6. The molecule has 0 radical (unpaired) electrons. The molecule has 2 aromatic rings. The van der Waals surface area contributed by atoms with E-state index in [0.29, 0.717) is 25.3 Å². The quantitative estimate of drug-likeness (QED) is 0.645. The van der Waals surface area contributed by atoms with Crippen molar-refractivity contribution < 1.29 is 15.3 Å². The number of aromatic nitrogens is 1. The summed E-state index contributed by atoms with van der Waals surface area (Å²) in [6.45, 7) is 2.52. The van der Waals surface area contributed by atoms with Crippen molar-refractivity contribution in [2.75, 3.05) is 31.1 Å². The Bertz CT molecular complexity index is 973. The standard InChI is InChI=1S/C25H29N3O3/c1-2-23-25(31,18-10-12-27(23)13-11-18)19-8-9-24(28-15-21(29)22(30)16-28)26-20(19)14-17-6-4-3-5-7-17/h1,3-9,18,21-23,29-31H,10-16H2/t21-,22-,23?,25-/m1/s1. The minimum atomic E-state index is -1.13. The second-order valence-corrected chi connectivity index (χ2v) is 9.07. The lowest BCUT2D eigenvalue weighted by Crippen LogP contribution is -2.63. The molecule has 0 saturated carbocycles. The molecule has 1 aromatic carbocycles. The van der Waals surface area contributed by atoms with E-state index in [4.69, 9.17) is 11.4 Å². The van der Waals surface area contributed by atoms with Gasteiger partial charge in [-0.25, -0.2) is 4.98 Å². The van der Waals surface area contributed by atoms with E-state index in [1.807, 2.05) is 35.2 Å². The van der Waals surface area contributed by atoms with Crippen LogP contribution in [0.4, 0.5) is 5.82 Å². The zero-order valence-corrected chi connectivity index (χ0v) is 17.6. The maximum atomic E-state index is 12.1. The highest BCUT2D eigenvalue weighted by Gasteiger charge is 2.54. The number of rotatable bonds is 4. The molecule has 3 N–H and O–H groups in total. The number of hydrogen-bond donors (Lipinski definition) is 3. The number of hydrogen-bond acceptors (Lipinski definition) is 6. The molecule has 162 valence electrons. The van der Waals surface area contributed by atoms with Crippen molar-refractivity contribution in [3.05, 3.63) is 59.3 Å². The first-order valence-electron chi connectivity index (χ1n) is 11.1. The second-order valence-electron chi connectivity index (χ2n) is 9.07. The van der Waals surface area contributed by atoms with Gasteiger partial charge in [0.15, 0.2) is 0 Å². The van der Waals surface area contributed by atoms with Gasteiger partial charge in [0.1, 0.15) is 17.5 Å². The number of fused-ring (bicyclic) bond motifs is 3. The summed E-state index contributed by atoms with van der Waals surface area (Å²) >= 11 is 0. The van der Waals surface area contributed by atoms with Gasteiger partial charge in [-0.15, -0.1) is 6.42 Å². The summed E-state index contributed by atoms with van der Waals surface area (Å²) < 4.78 is 0. The second kappa shape index (κ2) is 7.92. The Morgan fingerprint density at radius 1 is 1.03 bits per heavy atom. The molecule has 4 aliphatic heterocycles. The number of aliphatic hydroxyl groups excluding tert-OH is 2. The maximum absolute atomic E-state index is 12.1. The molecular formula is C25H29N3O3. The van der Waals surface area contributed by atoms with Crippen LogP contribution in [-0.4, -0.2) is 69.6 Å². The Balaban J connectivity index is 1.58. The van der Waals surface area contributed by atoms with Crippen LogP contribution < -0.4 is 4.90 Å². The molecule has 31 heavy (non-hydrogen) atoms. The predicted molar refractivity (Wildman–Crippen MR) is 119 cm³/mol. The lowest BCUT2D eigenvalue weighted by Gasteiger charge is -2.54. The van der Waals surface area contributed by atoms with Crippen molar-refractivity contribution in [1.82, 2.24) is 9.88 Å². The van der Waals surface area contributed by atoms with Crippen molar-refractivity contribution >= 4 is 5.82 Å². The third kappa shape index (κ3) is 3.42. The van der Waals surface area contributed by atoms with Crippen molar-refractivity contribution in [2.24, 2.45) is 5.92 Å². The summed E-state index contributed by atoms with van der Waals surface area (Å²) in [5.41, 5.74) is 1.58. The normalized spacial score (nSPS) is 34.6. The van der Waals surface area contributed by atoms with Gasteiger partial charge in [0.05, 0.1) is 17.9 Å². The summed E-state index contributed by atoms with van der Waals surface area (Å²) in [5, 5.41) is 32.0. The van der Waals surface area contributed by atoms with Crippen LogP contribution in [0.25, 0.3) is 0 Å². The van der Waals surface area contributed by atoms with E-state index in [-0.39, 0.29) is 12.0 Å². The number of aliphatic hydroxyl groups is 3. The number of piperidine rings is 3. The summed E-state index contributed by atoms with van der Waals surface area (Å²) in [6, 6.07) is 13.6. The van der Waals surface area contributed by atoms with E-state index in [1.54, 1.807) is 0 Å². The summed E-state index contributed by atoms with van der Waals surface area (Å²) in [4.78, 5) is 9.06. The highest BCUT2D eigenvalue weighted by molar-refractivity contribution is 5.48. The van der Waals surface area contributed by atoms with Crippen molar-refractivity contribution in [2.45, 2.75) is 43.1 Å². The number of nitrogens with zero attached hydrogens (tertiary/aromatic N) is 3. The lowest BCUT2D eigenvalue weighted by atomic mass is 9.66. The average Bonchev–Trinajstić information content (AvgIpc) is 3.13. The Morgan fingerprint density at radius 3 is 2.35 bits per heavy atom. The molecule has 6 rings (SSSR count). The van der Waals surface area contributed by atoms with Gasteiger partial charge in [0.2, 0.25) is 0 Å². The Labute approximate surface area is 183 Å². The molecule has 5 heterocycles. The Hall–Kier alpha value is -2.43. The van der Waals surface area contributed by atoms with Crippen LogP contribution in [0.2, 0.25) is 0 Å². The van der Waals surface area contributed by atoms with Gasteiger partial charge in [-0.05, 0) is 43.5 Å². The fraction of sp³-hybridized carbons (Fsp3) is 0.480. The Kier molecular flexibility index (Phi) is 5.23. The van der Waals surface area contributed by atoms with E-state index >= 15 is 0 Å². The summed E-state index contributed by atoms with van der Waals surface area (Å²) in [5.74, 6) is 3.68. The van der Waals surface area contributed by atoms with Crippen LogP contribution in [0.15, 0.2) is 42.5 Å². The highest BCUT2D eigenvalue weighted by Crippen LogP contribution is 2.48. The monoisotopic (exact) mass is 419 g/mol. The van der Waals surface area contributed by atoms with E-state index in [2.05, 4.69) is 23.0 Å². The molecule has 1 aromatic heterocycles. The lowest BCUT2D eigenvalue weighted by molar-refractivity contribution is -0.143. The van der Waals surface area contributed by atoms with E-state index in [9.17, 15) is 15.3 Å². The Morgan fingerprint density at radius 2 is 1.71 bits per heavy atom. The van der Waals surface area contributed by atoms with Gasteiger partial charge >= 0.3 is 0 Å². The SMILES string of the molecule is C#CC1N2CCC(CC2)[C@@]1(O)c1ccc(N2C[C@@H](O)[C@H](O)C2)nc1Cc1ccccc1. The van der Waals surface area contributed by atoms with Gasteiger partial charge in [-0.2, -0.15) is 0 Å².